The van der Waals surface area contributed by atoms with Crippen LogP contribution in [0.4, 0.5) is 5.82 Å². The van der Waals surface area contributed by atoms with Crippen LogP contribution < -0.4 is 5.73 Å². The average molecular weight is 377 g/mol. The van der Waals surface area contributed by atoms with Crippen molar-refractivity contribution in [1.29, 1.82) is 0 Å². The lowest BCUT2D eigenvalue weighted by molar-refractivity contribution is -0.155. The first-order chi connectivity index (χ1) is 10.8. The molecule has 0 atom stereocenters. The maximum absolute atomic E-state index is 12.2. The lowest BCUT2D eigenvalue weighted by atomic mass is 10.2. The SMILES string of the molecule is CC(C)(C)OC(=O)Cn1c2ccc(Br)cc2c2c(N)ncnc21. The summed E-state index contributed by atoms with van der Waals surface area (Å²) in [4.78, 5) is 20.6. The number of ether oxygens (including phenoxy) is 1. The summed E-state index contributed by atoms with van der Waals surface area (Å²) in [6.07, 6.45) is 1.40. The number of anilines is 1. The first-order valence-corrected chi connectivity index (χ1v) is 7.95. The van der Waals surface area contributed by atoms with Crippen LogP contribution in [-0.4, -0.2) is 26.1 Å². The van der Waals surface area contributed by atoms with E-state index in [9.17, 15) is 4.79 Å². The van der Waals surface area contributed by atoms with Crippen LogP contribution in [0.5, 0.6) is 0 Å². The predicted molar refractivity (Wildman–Crippen MR) is 93.0 cm³/mol. The number of nitrogens with two attached hydrogens (primary N) is 1. The van der Waals surface area contributed by atoms with Gasteiger partial charge in [0.25, 0.3) is 0 Å². The van der Waals surface area contributed by atoms with E-state index in [1.54, 1.807) is 0 Å². The number of carbonyl (C=O) groups excluding carboxylic acids is 1. The highest BCUT2D eigenvalue weighted by Crippen LogP contribution is 2.32. The number of carbonyl (C=O) groups is 1. The number of rotatable bonds is 2. The molecule has 3 rings (SSSR count). The van der Waals surface area contributed by atoms with Crippen LogP contribution in [0.15, 0.2) is 29.0 Å². The van der Waals surface area contributed by atoms with Crippen molar-refractivity contribution in [2.45, 2.75) is 32.9 Å². The van der Waals surface area contributed by atoms with E-state index < -0.39 is 5.60 Å². The Hall–Kier alpha value is -2.15. The molecule has 0 amide bonds. The number of fused-ring (bicyclic) bond motifs is 3. The Morgan fingerprint density at radius 2 is 2.09 bits per heavy atom. The number of benzene rings is 1. The number of hydrogen-bond donors (Lipinski definition) is 1. The molecule has 0 saturated heterocycles. The van der Waals surface area contributed by atoms with Crippen LogP contribution in [0.1, 0.15) is 20.8 Å². The van der Waals surface area contributed by atoms with Crippen molar-refractivity contribution in [3.05, 3.63) is 29.0 Å². The summed E-state index contributed by atoms with van der Waals surface area (Å²) in [5.41, 5.74) is 6.97. The first-order valence-electron chi connectivity index (χ1n) is 7.16. The Balaban J connectivity index is 2.19. The van der Waals surface area contributed by atoms with Gasteiger partial charge < -0.3 is 15.0 Å². The molecule has 23 heavy (non-hydrogen) atoms. The van der Waals surface area contributed by atoms with Gasteiger partial charge in [0.1, 0.15) is 29.9 Å². The molecular weight excluding hydrogens is 360 g/mol. The Labute approximate surface area is 141 Å². The summed E-state index contributed by atoms with van der Waals surface area (Å²) < 4.78 is 8.15. The third-order valence-electron chi connectivity index (χ3n) is 3.34. The number of nitrogen functional groups attached to an aromatic ring is 1. The van der Waals surface area contributed by atoms with Crippen LogP contribution in [0.25, 0.3) is 21.9 Å². The van der Waals surface area contributed by atoms with E-state index in [4.69, 9.17) is 10.5 Å². The molecule has 3 aromatic rings. The third kappa shape index (κ3) is 3.01. The molecule has 2 N–H and O–H groups in total. The number of hydrogen-bond acceptors (Lipinski definition) is 5. The quantitative estimate of drug-likeness (QED) is 0.693. The van der Waals surface area contributed by atoms with E-state index in [0.717, 1.165) is 20.8 Å². The summed E-state index contributed by atoms with van der Waals surface area (Å²) in [7, 11) is 0. The molecule has 0 aliphatic carbocycles. The molecule has 2 aromatic heterocycles. The second-order valence-electron chi connectivity index (χ2n) is 6.29. The largest absolute Gasteiger partial charge is 0.459 e. The summed E-state index contributed by atoms with van der Waals surface area (Å²) in [6, 6.07) is 5.78. The maximum atomic E-state index is 12.2. The normalized spacial score (nSPS) is 12.0. The summed E-state index contributed by atoms with van der Waals surface area (Å²) in [5.74, 6) is 0.0671. The zero-order valence-electron chi connectivity index (χ0n) is 13.1. The fraction of sp³-hybridized carbons (Fsp3) is 0.312. The molecule has 0 fully saturated rings. The van der Waals surface area contributed by atoms with E-state index in [2.05, 4.69) is 25.9 Å². The lowest BCUT2D eigenvalue weighted by Crippen LogP contribution is -2.26. The minimum atomic E-state index is -0.535. The van der Waals surface area contributed by atoms with Crippen molar-refractivity contribution in [1.82, 2.24) is 14.5 Å². The van der Waals surface area contributed by atoms with E-state index in [0.29, 0.717) is 11.5 Å². The summed E-state index contributed by atoms with van der Waals surface area (Å²) >= 11 is 3.46. The standard InChI is InChI=1S/C16H17BrN4O2/c1-16(2,3)23-12(22)7-21-11-5-4-9(17)6-10(11)13-14(18)19-8-20-15(13)21/h4-6,8H,7H2,1-3H3,(H2,18,19,20). The molecule has 0 aliphatic heterocycles. The molecule has 0 saturated carbocycles. The van der Waals surface area contributed by atoms with Crippen molar-refractivity contribution in [3.63, 3.8) is 0 Å². The molecule has 120 valence electrons. The van der Waals surface area contributed by atoms with E-state index in [-0.39, 0.29) is 12.5 Å². The fourth-order valence-corrected chi connectivity index (χ4v) is 2.93. The predicted octanol–water partition coefficient (Wildman–Crippen LogP) is 3.27. The zero-order chi connectivity index (χ0) is 16.8. The van der Waals surface area contributed by atoms with Gasteiger partial charge in [-0.05, 0) is 39.0 Å². The van der Waals surface area contributed by atoms with Crippen molar-refractivity contribution in [2.75, 3.05) is 5.73 Å². The van der Waals surface area contributed by atoms with Crippen molar-refractivity contribution < 1.29 is 9.53 Å². The van der Waals surface area contributed by atoms with Gasteiger partial charge in [-0.25, -0.2) is 9.97 Å². The Morgan fingerprint density at radius 3 is 2.78 bits per heavy atom. The molecule has 2 heterocycles. The zero-order valence-corrected chi connectivity index (χ0v) is 14.7. The Bertz CT molecular complexity index is 912. The van der Waals surface area contributed by atoms with Crippen molar-refractivity contribution in [2.24, 2.45) is 0 Å². The topological polar surface area (TPSA) is 83.0 Å². The van der Waals surface area contributed by atoms with Gasteiger partial charge in [-0.1, -0.05) is 15.9 Å². The van der Waals surface area contributed by atoms with Gasteiger partial charge in [0.2, 0.25) is 0 Å². The summed E-state index contributed by atoms with van der Waals surface area (Å²) in [5, 5.41) is 1.64. The first kappa shape index (κ1) is 15.7. The fourth-order valence-electron chi connectivity index (χ4n) is 2.57. The highest BCUT2D eigenvalue weighted by atomic mass is 79.9. The van der Waals surface area contributed by atoms with Gasteiger partial charge in [-0.15, -0.1) is 0 Å². The van der Waals surface area contributed by atoms with Gasteiger partial charge in [0.15, 0.2) is 0 Å². The van der Waals surface area contributed by atoms with Gasteiger partial charge in [0.05, 0.1) is 10.9 Å². The maximum Gasteiger partial charge on any atom is 0.326 e. The molecule has 1 aromatic carbocycles. The Morgan fingerprint density at radius 1 is 1.35 bits per heavy atom. The molecule has 0 unspecified atom stereocenters. The van der Waals surface area contributed by atoms with Crippen molar-refractivity contribution >= 4 is 49.7 Å². The molecule has 0 radical (unpaired) electrons. The van der Waals surface area contributed by atoms with Gasteiger partial charge >= 0.3 is 5.97 Å². The lowest BCUT2D eigenvalue weighted by Gasteiger charge is -2.20. The van der Waals surface area contributed by atoms with Crippen LogP contribution in [0.3, 0.4) is 0 Å². The Kier molecular flexibility index (Phi) is 3.75. The molecule has 0 aliphatic rings. The van der Waals surface area contributed by atoms with Crippen LogP contribution in [0.2, 0.25) is 0 Å². The molecule has 6 nitrogen and oxygen atoms in total. The number of nitrogens with zero attached hydrogens (tertiary/aromatic N) is 3. The van der Waals surface area contributed by atoms with Gasteiger partial charge in [-0.2, -0.15) is 0 Å². The molecule has 7 heteroatoms. The van der Waals surface area contributed by atoms with Gasteiger partial charge in [0, 0.05) is 9.86 Å². The van der Waals surface area contributed by atoms with Crippen LogP contribution in [0, 0.1) is 0 Å². The highest BCUT2D eigenvalue weighted by Gasteiger charge is 2.20. The van der Waals surface area contributed by atoms with E-state index in [1.807, 2.05) is 43.5 Å². The van der Waals surface area contributed by atoms with Crippen LogP contribution >= 0.6 is 15.9 Å². The smallest absolute Gasteiger partial charge is 0.326 e. The number of esters is 1. The molecular formula is C16H17BrN4O2. The summed E-state index contributed by atoms with van der Waals surface area (Å²) in [6.45, 7) is 5.59. The number of halogens is 1. The van der Waals surface area contributed by atoms with E-state index in [1.165, 1.54) is 6.33 Å². The second-order valence-corrected chi connectivity index (χ2v) is 7.21. The third-order valence-corrected chi connectivity index (χ3v) is 3.83. The molecule has 0 bridgehead atoms. The second kappa shape index (κ2) is 5.49. The van der Waals surface area contributed by atoms with Crippen molar-refractivity contribution in [3.8, 4) is 0 Å². The van der Waals surface area contributed by atoms with E-state index >= 15 is 0 Å². The monoisotopic (exact) mass is 376 g/mol. The number of aromatic nitrogens is 3. The van der Waals surface area contributed by atoms with Crippen LogP contribution in [-0.2, 0) is 16.1 Å². The minimum Gasteiger partial charge on any atom is -0.459 e. The highest BCUT2D eigenvalue weighted by molar-refractivity contribution is 9.10. The minimum absolute atomic E-state index is 0.0648. The van der Waals surface area contributed by atoms with Gasteiger partial charge in [-0.3, -0.25) is 4.79 Å². The average Bonchev–Trinajstić information content (AvgIpc) is 2.72. The molecule has 0 spiro atoms.